The highest BCUT2D eigenvalue weighted by atomic mass is 16.3. The summed E-state index contributed by atoms with van der Waals surface area (Å²) in [5.41, 5.74) is 2.88. The van der Waals surface area contributed by atoms with Crippen molar-refractivity contribution >= 4 is 16.6 Å². The third-order valence-electron chi connectivity index (χ3n) is 2.42. The van der Waals surface area contributed by atoms with Crippen LogP contribution in [0.15, 0.2) is 30.3 Å². The van der Waals surface area contributed by atoms with Crippen molar-refractivity contribution in [1.29, 1.82) is 0 Å². The van der Waals surface area contributed by atoms with Crippen molar-refractivity contribution in [3.05, 3.63) is 36.0 Å². The van der Waals surface area contributed by atoms with Gasteiger partial charge < -0.3 is 10.4 Å². The van der Waals surface area contributed by atoms with E-state index in [4.69, 9.17) is 5.11 Å². The normalized spacial score (nSPS) is 10.5. The second kappa shape index (κ2) is 4.28. The van der Waals surface area contributed by atoms with Crippen molar-refractivity contribution in [2.75, 3.05) is 19.0 Å². The lowest BCUT2D eigenvalue weighted by atomic mass is 10.1. The lowest BCUT2D eigenvalue weighted by molar-refractivity contribution is 0.298. The zero-order chi connectivity index (χ0) is 10.7. The average molecular weight is 202 g/mol. The molecule has 0 atom stereocenters. The minimum atomic E-state index is 0.125. The summed E-state index contributed by atoms with van der Waals surface area (Å²) >= 11 is 0. The van der Waals surface area contributed by atoms with Crippen LogP contribution in [0.1, 0.15) is 5.69 Å². The molecule has 15 heavy (non-hydrogen) atoms. The molecule has 0 aliphatic rings. The highest BCUT2D eigenvalue weighted by Gasteiger charge is 2.04. The maximum Gasteiger partial charge on any atom is 0.0706 e. The summed E-state index contributed by atoms with van der Waals surface area (Å²) in [6.07, 6.45) is 0.584. The van der Waals surface area contributed by atoms with E-state index in [1.807, 2.05) is 31.3 Å². The highest BCUT2D eigenvalue weighted by Crippen LogP contribution is 2.20. The van der Waals surface area contributed by atoms with Gasteiger partial charge in [-0.05, 0) is 12.1 Å². The zero-order valence-electron chi connectivity index (χ0n) is 8.70. The van der Waals surface area contributed by atoms with E-state index in [1.54, 1.807) is 0 Å². The molecule has 3 heteroatoms. The maximum absolute atomic E-state index is 8.94. The molecule has 0 aliphatic heterocycles. The van der Waals surface area contributed by atoms with E-state index in [-0.39, 0.29) is 6.61 Å². The fraction of sp³-hybridized carbons (Fsp3) is 0.250. The second-order valence-corrected chi connectivity index (χ2v) is 3.40. The average Bonchev–Trinajstić information content (AvgIpc) is 2.28. The second-order valence-electron chi connectivity index (χ2n) is 3.40. The van der Waals surface area contributed by atoms with Crippen LogP contribution in [0.4, 0.5) is 5.69 Å². The van der Waals surface area contributed by atoms with Crippen LogP contribution in [0.5, 0.6) is 0 Å². The van der Waals surface area contributed by atoms with Gasteiger partial charge in [-0.25, -0.2) is 0 Å². The molecule has 0 bridgehead atoms. The van der Waals surface area contributed by atoms with E-state index in [0.717, 1.165) is 22.3 Å². The SMILES string of the molecule is CNc1cc2ccccc2nc1CCO. The number of pyridine rings is 1. The fourth-order valence-electron chi connectivity index (χ4n) is 1.67. The number of fused-ring (bicyclic) bond motifs is 1. The number of benzene rings is 1. The van der Waals surface area contributed by atoms with E-state index in [9.17, 15) is 0 Å². The number of nitrogens with one attached hydrogen (secondary N) is 1. The summed E-state index contributed by atoms with van der Waals surface area (Å²) < 4.78 is 0. The van der Waals surface area contributed by atoms with Gasteiger partial charge in [0.2, 0.25) is 0 Å². The predicted octanol–water partition coefficient (Wildman–Crippen LogP) is 1.81. The first-order valence-corrected chi connectivity index (χ1v) is 5.02. The van der Waals surface area contributed by atoms with Crippen LogP contribution in [0.3, 0.4) is 0 Å². The first kappa shape index (κ1) is 9.93. The third-order valence-corrected chi connectivity index (χ3v) is 2.42. The first-order chi connectivity index (χ1) is 7.35. The molecule has 0 aliphatic carbocycles. The smallest absolute Gasteiger partial charge is 0.0706 e. The van der Waals surface area contributed by atoms with Gasteiger partial charge >= 0.3 is 0 Å². The van der Waals surface area contributed by atoms with Crippen LogP contribution in [-0.4, -0.2) is 23.7 Å². The summed E-state index contributed by atoms with van der Waals surface area (Å²) in [4.78, 5) is 4.51. The summed E-state index contributed by atoms with van der Waals surface area (Å²) in [6.45, 7) is 0.125. The molecule has 0 amide bonds. The molecule has 3 nitrogen and oxygen atoms in total. The number of anilines is 1. The molecule has 0 saturated carbocycles. The molecule has 0 saturated heterocycles. The molecule has 1 aromatic heterocycles. The van der Waals surface area contributed by atoms with Gasteiger partial charge in [-0.1, -0.05) is 18.2 Å². The van der Waals surface area contributed by atoms with Gasteiger partial charge in [-0.3, -0.25) is 4.98 Å². The number of hydrogen-bond acceptors (Lipinski definition) is 3. The summed E-state index contributed by atoms with van der Waals surface area (Å²) in [7, 11) is 1.87. The number of hydrogen-bond donors (Lipinski definition) is 2. The van der Waals surface area contributed by atoms with Crippen LogP contribution in [0.2, 0.25) is 0 Å². The maximum atomic E-state index is 8.94. The summed E-state index contributed by atoms with van der Waals surface area (Å²) in [5.74, 6) is 0. The Hall–Kier alpha value is -1.61. The van der Waals surface area contributed by atoms with E-state index < -0.39 is 0 Å². The topological polar surface area (TPSA) is 45.2 Å². The van der Waals surface area contributed by atoms with E-state index >= 15 is 0 Å². The van der Waals surface area contributed by atoms with Crippen LogP contribution in [0, 0.1) is 0 Å². The lowest BCUT2D eigenvalue weighted by Crippen LogP contribution is -2.01. The zero-order valence-corrected chi connectivity index (χ0v) is 8.70. The van der Waals surface area contributed by atoms with E-state index in [0.29, 0.717) is 6.42 Å². The molecule has 0 unspecified atom stereocenters. The number of aliphatic hydroxyl groups is 1. The van der Waals surface area contributed by atoms with Gasteiger partial charge in [0.1, 0.15) is 0 Å². The lowest BCUT2D eigenvalue weighted by Gasteiger charge is -2.08. The number of rotatable bonds is 3. The Balaban J connectivity index is 2.58. The quantitative estimate of drug-likeness (QED) is 0.798. The Labute approximate surface area is 88.8 Å². The number of para-hydroxylation sites is 1. The first-order valence-electron chi connectivity index (χ1n) is 5.02. The molecule has 0 fully saturated rings. The number of nitrogens with zero attached hydrogens (tertiary/aromatic N) is 1. The van der Waals surface area contributed by atoms with Crippen molar-refractivity contribution in [3.63, 3.8) is 0 Å². The molecule has 0 spiro atoms. The van der Waals surface area contributed by atoms with Crippen molar-refractivity contribution in [2.45, 2.75) is 6.42 Å². The molecule has 0 radical (unpaired) electrons. The Morgan fingerprint density at radius 1 is 1.33 bits per heavy atom. The minimum Gasteiger partial charge on any atom is -0.396 e. The minimum absolute atomic E-state index is 0.125. The number of aliphatic hydroxyl groups excluding tert-OH is 1. The summed E-state index contributed by atoms with van der Waals surface area (Å²) in [5, 5.41) is 13.2. The Kier molecular flexibility index (Phi) is 2.83. The van der Waals surface area contributed by atoms with Gasteiger partial charge in [0.25, 0.3) is 0 Å². The molecular weight excluding hydrogens is 188 g/mol. The van der Waals surface area contributed by atoms with Gasteiger partial charge in [-0.2, -0.15) is 0 Å². The van der Waals surface area contributed by atoms with Crippen LogP contribution >= 0.6 is 0 Å². The molecule has 2 N–H and O–H groups in total. The molecular formula is C12H14N2O. The van der Waals surface area contributed by atoms with E-state index in [2.05, 4.69) is 16.4 Å². The Morgan fingerprint density at radius 3 is 2.87 bits per heavy atom. The molecule has 1 heterocycles. The monoisotopic (exact) mass is 202 g/mol. The highest BCUT2D eigenvalue weighted by molar-refractivity contribution is 5.82. The van der Waals surface area contributed by atoms with Gasteiger partial charge in [0.05, 0.1) is 16.9 Å². The molecule has 2 rings (SSSR count). The van der Waals surface area contributed by atoms with E-state index in [1.165, 1.54) is 0 Å². The van der Waals surface area contributed by atoms with Gasteiger partial charge in [-0.15, -0.1) is 0 Å². The van der Waals surface area contributed by atoms with Gasteiger partial charge in [0.15, 0.2) is 0 Å². The standard InChI is InChI=1S/C12H14N2O/c1-13-12-8-9-4-2-3-5-10(9)14-11(12)6-7-15/h2-5,8,13,15H,6-7H2,1H3. The van der Waals surface area contributed by atoms with Crippen molar-refractivity contribution < 1.29 is 5.11 Å². The van der Waals surface area contributed by atoms with Gasteiger partial charge in [0, 0.05) is 25.5 Å². The van der Waals surface area contributed by atoms with Crippen molar-refractivity contribution in [2.24, 2.45) is 0 Å². The fourth-order valence-corrected chi connectivity index (χ4v) is 1.67. The Bertz CT molecular complexity index is 468. The van der Waals surface area contributed by atoms with Crippen LogP contribution in [-0.2, 0) is 6.42 Å². The van der Waals surface area contributed by atoms with Crippen molar-refractivity contribution in [3.8, 4) is 0 Å². The molecule has 1 aromatic carbocycles. The van der Waals surface area contributed by atoms with Crippen LogP contribution < -0.4 is 5.32 Å². The third kappa shape index (κ3) is 1.92. The Morgan fingerprint density at radius 2 is 2.13 bits per heavy atom. The molecule has 2 aromatic rings. The van der Waals surface area contributed by atoms with Crippen LogP contribution in [0.25, 0.3) is 10.9 Å². The predicted molar refractivity (Wildman–Crippen MR) is 62.1 cm³/mol. The summed E-state index contributed by atoms with van der Waals surface area (Å²) in [6, 6.07) is 10.0. The largest absolute Gasteiger partial charge is 0.396 e. The van der Waals surface area contributed by atoms with Crippen molar-refractivity contribution in [1.82, 2.24) is 4.98 Å². The molecule has 78 valence electrons. The number of aromatic nitrogens is 1.